The summed E-state index contributed by atoms with van der Waals surface area (Å²) >= 11 is 19.4. The molecule has 0 amide bonds. The van der Waals surface area contributed by atoms with Crippen molar-refractivity contribution in [1.29, 1.82) is 5.41 Å². The van der Waals surface area contributed by atoms with Gasteiger partial charge in [-0.15, -0.1) is 0 Å². The molecule has 9 heteroatoms. The minimum absolute atomic E-state index is 0.00143. The second kappa shape index (κ2) is 10.2. The van der Waals surface area contributed by atoms with E-state index in [1.165, 1.54) is 19.9 Å². The Morgan fingerprint density at radius 2 is 1.53 bits per heavy atom. The van der Waals surface area contributed by atoms with E-state index < -0.39 is 15.4 Å². The average molecular weight is 538 g/mol. The van der Waals surface area contributed by atoms with Crippen LogP contribution in [-0.4, -0.2) is 36.8 Å². The normalized spacial score (nSPS) is 12.6. The molecule has 0 bridgehead atoms. The van der Waals surface area contributed by atoms with Gasteiger partial charge in [0.25, 0.3) is 0 Å². The van der Waals surface area contributed by atoms with Crippen molar-refractivity contribution >= 4 is 61.8 Å². The van der Waals surface area contributed by atoms with Gasteiger partial charge in [-0.2, -0.15) is 0 Å². The van der Waals surface area contributed by atoms with Crippen LogP contribution in [0.2, 0.25) is 15.1 Å². The summed E-state index contributed by atoms with van der Waals surface area (Å²) in [6, 6.07) is 16.8. The van der Waals surface area contributed by atoms with Gasteiger partial charge < -0.3 is 10.5 Å². The summed E-state index contributed by atoms with van der Waals surface area (Å²) < 4.78 is 23.8. The van der Waals surface area contributed by atoms with Crippen molar-refractivity contribution < 1.29 is 13.5 Å². The maximum Gasteiger partial charge on any atom is 0.175 e. The van der Waals surface area contributed by atoms with E-state index in [0.717, 1.165) is 11.8 Å². The lowest BCUT2D eigenvalue weighted by Crippen LogP contribution is -2.32. The van der Waals surface area contributed by atoms with Gasteiger partial charge in [0.1, 0.15) is 0 Å². The van der Waals surface area contributed by atoms with Crippen LogP contribution in [0.1, 0.15) is 25.8 Å². The quantitative estimate of drug-likeness (QED) is 0.317. The lowest BCUT2D eigenvalue weighted by molar-refractivity contribution is 0.151. The van der Waals surface area contributed by atoms with Crippen LogP contribution in [0.5, 0.6) is 0 Å². The van der Waals surface area contributed by atoms with Gasteiger partial charge in [0, 0.05) is 24.0 Å². The third-order valence-electron chi connectivity index (χ3n) is 5.13. The molecule has 0 aliphatic carbocycles. The topological polar surface area (TPSA) is 90.6 Å². The zero-order valence-corrected chi connectivity index (χ0v) is 21.8. The van der Waals surface area contributed by atoms with Gasteiger partial charge in [-0.3, -0.25) is 4.99 Å². The van der Waals surface area contributed by atoms with Gasteiger partial charge in [0.05, 0.1) is 37.0 Å². The fraction of sp³-hybridized carbons (Fsp3) is 0.200. The van der Waals surface area contributed by atoms with Crippen LogP contribution < -0.4 is 0 Å². The SMILES string of the molecule is CC(C)(O)C(=N)CC(=Nc1ccc(-c2cccc(S(C)(=O)=O)c2)cc1Cl)c1c(Cl)cccc1Cl. The standard InChI is InChI=1S/C25H23Cl3N2O3S/c1-25(2,31)23(29)14-22(24-18(26)8-5-9-19(24)27)30-21-11-10-16(13-20(21)28)15-6-4-7-17(12-15)34(3,32)33/h4-13,29,31H,14H2,1-3H3. The highest BCUT2D eigenvalue weighted by molar-refractivity contribution is 7.90. The van der Waals surface area contributed by atoms with Crippen LogP contribution in [0.25, 0.3) is 11.1 Å². The second-order valence-corrected chi connectivity index (χ2v) is 11.6. The Bertz CT molecular complexity index is 1370. The number of aliphatic imine (C=N–C) groups is 1. The summed E-state index contributed by atoms with van der Waals surface area (Å²) in [6.07, 6.45) is 1.16. The molecule has 3 aromatic rings. The average Bonchev–Trinajstić information content (AvgIpc) is 2.73. The molecule has 0 radical (unpaired) electrons. The molecule has 0 saturated carbocycles. The molecule has 3 rings (SSSR count). The fourth-order valence-electron chi connectivity index (χ4n) is 3.17. The Morgan fingerprint density at radius 3 is 2.09 bits per heavy atom. The number of halogens is 3. The molecule has 0 saturated heterocycles. The first-order chi connectivity index (χ1) is 15.8. The van der Waals surface area contributed by atoms with Crippen molar-refractivity contribution in [2.24, 2.45) is 4.99 Å². The van der Waals surface area contributed by atoms with Crippen molar-refractivity contribution in [2.75, 3.05) is 6.26 Å². The Hall–Kier alpha value is -2.22. The van der Waals surface area contributed by atoms with E-state index in [4.69, 9.17) is 40.2 Å². The number of nitrogens with one attached hydrogen (secondary N) is 1. The maximum atomic E-state index is 11.9. The van der Waals surface area contributed by atoms with Crippen LogP contribution >= 0.6 is 34.8 Å². The number of nitrogens with zero attached hydrogens (tertiary/aromatic N) is 1. The van der Waals surface area contributed by atoms with Crippen LogP contribution in [0.3, 0.4) is 0 Å². The third-order valence-corrected chi connectivity index (χ3v) is 7.18. The van der Waals surface area contributed by atoms with E-state index in [0.29, 0.717) is 37.6 Å². The fourth-order valence-corrected chi connectivity index (χ4v) is 4.68. The highest BCUT2D eigenvalue weighted by Crippen LogP contribution is 2.34. The molecule has 3 aromatic carbocycles. The molecule has 0 aliphatic heterocycles. The van der Waals surface area contributed by atoms with E-state index in [1.807, 2.05) is 0 Å². The van der Waals surface area contributed by atoms with E-state index in [2.05, 4.69) is 4.99 Å². The summed E-state index contributed by atoms with van der Waals surface area (Å²) in [5.74, 6) is 0. The molecule has 0 heterocycles. The van der Waals surface area contributed by atoms with Crippen LogP contribution in [0.15, 0.2) is 70.6 Å². The predicted octanol–water partition coefficient (Wildman–Crippen LogP) is 7.02. The number of benzene rings is 3. The monoisotopic (exact) mass is 536 g/mol. The summed E-state index contributed by atoms with van der Waals surface area (Å²) in [6.45, 7) is 3.04. The van der Waals surface area contributed by atoms with Gasteiger partial charge in [0.15, 0.2) is 9.84 Å². The predicted molar refractivity (Wildman–Crippen MR) is 141 cm³/mol. The van der Waals surface area contributed by atoms with Gasteiger partial charge in [-0.1, -0.05) is 59.1 Å². The molecule has 5 nitrogen and oxygen atoms in total. The number of sulfone groups is 1. The smallest absolute Gasteiger partial charge is 0.175 e. The second-order valence-electron chi connectivity index (χ2n) is 8.34. The Morgan fingerprint density at radius 1 is 0.941 bits per heavy atom. The Labute approximate surface area is 214 Å². The van der Waals surface area contributed by atoms with E-state index in [1.54, 1.807) is 54.6 Å². The largest absolute Gasteiger partial charge is 0.385 e. The lowest BCUT2D eigenvalue weighted by Gasteiger charge is -2.20. The van der Waals surface area contributed by atoms with Crippen molar-refractivity contribution in [1.82, 2.24) is 0 Å². The van der Waals surface area contributed by atoms with Crippen molar-refractivity contribution in [3.63, 3.8) is 0 Å². The zero-order chi connectivity index (χ0) is 25.3. The highest BCUT2D eigenvalue weighted by Gasteiger charge is 2.24. The summed E-state index contributed by atoms with van der Waals surface area (Å²) in [5.41, 5.74) is 1.35. The molecule has 2 N–H and O–H groups in total. The maximum absolute atomic E-state index is 11.9. The van der Waals surface area contributed by atoms with Crippen LogP contribution in [0.4, 0.5) is 5.69 Å². The van der Waals surface area contributed by atoms with E-state index >= 15 is 0 Å². The molecule has 0 spiro atoms. The van der Waals surface area contributed by atoms with Crippen molar-refractivity contribution in [3.05, 3.63) is 81.3 Å². The molecule has 178 valence electrons. The highest BCUT2D eigenvalue weighted by atomic mass is 35.5. The van der Waals surface area contributed by atoms with E-state index in [-0.39, 0.29) is 17.0 Å². The van der Waals surface area contributed by atoms with E-state index in [9.17, 15) is 13.5 Å². The molecule has 34 heavy (non-hydrogen) atoms. The first-order valence-electron chi connectivity index (χ1n) is 10.2. The van der Waals surface area contributed by atoms with Gasteiger partial charge in [0.2, 0.25) is 0 Å². The first-order valence-corrected chi connectivity index (χ1v) is 13.2. The lowest BCUT2D eigenvalue weighted by atomic mass is 9.95. The summed E-state index contributed by atoms with van der Waals surface area (Å²) in [5, 5.41) is 19.6. The molecule has 0 aliphatic rings. The van der Waals surface area contributed by atoms with Gasteiger partial charge >= 0.3 is 0 Å². The van der Waals surface area contributed by atoms with Gasteiger partial charge in [-0.25, -0.2) is 8.42 Å². The van der Waals surface area contributed by atoms with Crippen LogP contribution in [0, 0.1) is 5.41 Å². The molecular weight excluding hydrogens is 515 g/mol. The van der Waals surface area contributed by atoms with Crippen molar-refractivity contribution in [2.45, 2.75) is 30.8 Å². The number of hydrogen-bond donors (Lipinski definition) is 2. The van der Waals surface area contributed by atoms with Crippen molar-refractivity contribution in [3.8, 4) is 11.1 Å². The molecular formula is C25H23Cl3N2O3S. The molecule has 0 aromatic heterocycles. The number of aliphatic hydroxyl groups is 1. The number of rotatable bonds is 7. The Kier molecular flexibility index (Phi) is 7.90. The first kappa shape index (κ1) is 26.4. The summed E-state index contributed by atoms with van der Waals surface area (Å²) in [7, 11) is -3.35. The minimum atomic E-state index is -3.35. The minimum Gasteiger partial charge on any atom is -0.385 e. The summed E-state index contributed by atoms with van der Waals surface area (Å²) in [4.78, 5) is 4.88. The van der Waals surface area contributed by atoms with Gasteiger partial charge in [-0.05, 0) is 61.4 Å². The van der Waals surface area contributed by atoms with Crippen LogP contribution in [-0.2, 0) is 9.84 Å². The number of hydrogen-bond acceptors (Lipinski definition) is 5. The third kappa shape index (κ3) is 6.26. The molecule has 0 atom stereocenters. The zero-order valence-electron chi connectivity index (χ0n) is 18.7. The molecule has 0 unspecified atom stereocenters. The Balaban J connectivity index is 2.09. The molecule has 0 fully saturated rings.